The van der Waals surface area contributed by atoms with Crippen molar-refractivity contribution in [3.8, 4) is 5.75 Å². The van der Waals surface area contributed by atoms with Crippen LogP contribution in [0, 0.1) is 0 Å². The van der Waals surface area contributed by atoms with Crippen LogP contribution in [0.1, 0.15) is 18.4 Å². The van der Waals surface area contributed by atoms with Crippen molar-refractivity contribution in [1.29, 1.82) is 0 Å². The van der Waals surface area contributed by atoms with E-state index in [1.165, 1.54) is 6.07 Å². The van der Waals surface area contributed by atoms with Crippen LogP contribution in [0.15, 0.2) is 23.1 Å². The minimum Gasteiger partial charge on any atom is -0.405 e. The highest BCUT2D eigenvalue weighted by Crippen LogP contribution is 2.29. The van der Waals surface area contributed by atoms with E-state index in [9.17, 15) is 13.2 Å². The van der Waals surface area contributed by atoms with Gasteiger partial charge in [0.05, 0.1) is 0 Å². The maximum Gasteiger partial charge on any atom is 0.573 e. The fourth-order valence-electron chi connectivity index (χ4n) is 1.40. The number of halogens is 3. The van der Waals surface area contributed by atoms with Gasteiger partial charge in [0, 0.05) is 4.90 Å². The Morgan fingerprint density at radius 2 is 1.94 bits per heavy atom. The van der Waals surface area contributed by atoms with E-state index in [-0.39, 0.29) is 10.6 Å². The quantitative estimate of drug-likeness (QED) is 0.633. The van der Waals surface area contributed by atoms with Crippen LogP contribution in [0.5, 0.6) is 5.75 Å². The van der Waals surface area contributed by atoms with Gasteiger partial charge in [-0.05, 0) is 43.5 Å². The van der Waals surface area contributed by atoms with E-state index in [0.29, 0.717) is 6.54 Å². The molecule has 1 aromatic rings. The second-order valence-corrected chi connectivity index (χ2v) is 4.08. The van der Waals surface area contributed by atoms with Crippen molar-refractivity contribution in [2.45, 2.75) is 30.5 Å². The number of hydrogen-bond donors (Lipinski definition) is 2. The number of nitrogens with two attached hydrogens (primary N) is 1. The highest BCUT2D eigenvalue weighted by atomic mass is 32.1. The van der Waals surface area contributed by atoms with Crippen molar-refractivity contribution in [3.63, 3.8) is 0 Å². The van der Waals surface area contributed by atoms with Crippen LogP contribution in [-0.4, -0.2) is 12.9 Å². The molecule has 0 atom stereocenters. The van der Waals surface area contributed by atoms with Crippen molar-refractivity contribution in [2.24, 2.45) is 5.73 Å². The lowest BCUT2D eigenvalue weighted by molar-refractivity contribution is -0.275. The molecule has 0 aliphatic rings. The SMILES string of the molecule is NCCCCc1ccc(OC(F)(F)F)c(S)c1. The molecule has 0 aromatic heterocycles. The monoisotopic (exact) mass is 265 g/mol. The first-order chi connectivity index (χ1) is 7.92. The summed E-state index contributed by atoms with van der Waals surface area (Å²) < 4.78 is 39.8. The van der Waals surface area contributed by atoms with Crippen LogP contribution < -0.4 is 10.5 Å². The molecular weight excluding hydrogens is 251 g/mol. The number of thiol groups is 1. The zero-order valence-corrected chi connectivity index (χ0v) is 10.0. The number of rotatable bonds is 5. The normalized spacial score (nSPS) is 11.6. The largest absolute Gasteiger partial charge is 0.573 e. The van der Waals surface area contributed by atoms with Gasteiger partial charge >= 0.3 is 6.36 Å². The van der Waals surface area contributed by atoms with Gasteiger partial charge in [0.2, 0.25) is 0 Å². The second kappa shape index (κ2) is 6.16. The standard InChI is InChI=1S/C11H14F3NOS/c12-11(13,14)16-9-5-4-8(7-10(9)17)3-1-2-6-15/h4-5,7,17H,1-3,6,15H2. The lowest BCUT2D eigenvalue weighted by Crippen LogP contribution is -2.17. The van der Waals surface area contributed by atoms with Gasteiger partial charge in [-0.1, -0.05) is 6.07 Å². The Morgan fingerprint density at radius 3 is 2.47 bits per heavy atom. The second-order valence-electron chi connectivity index (χ2n) is 3.60. The smallest absolute Gasteiger partial charge is 0.405 e. The maximum atomic E-state index is 12.0. The number of unbranched alkanes of at least 4 members (excludes halogenated alkanes) is 1. The number of alkyl halides is 3. The molecule has 17 heavy (non-hydrogen) atoms. The zero-order valence-electron chi connectivity index (χ0n) is 9.13. The summed E-state index contributed by atoms with van der Waals surface area (Å²) in [4.78, 5) is 0.188. The molecule has 0 bridgehead atoms. The zero-order chi connectivity index (χ0) is 12.9. The highest BCUT2D eigenvalue weighted by Gasteiger charge is 2.31. The number of aryl methyl sites for hydroxylation is 1. The molecule has 0 amide bonds. The first kappa shape index (κ1) is 14.2. The molecular formula is C11H14F3NOS. The maximum absolute atomic E-state index is 12.0. The minimum absolute atomic E-state index is 0.188. The van der Waals surface area contributed by atoms with Crippen LogP contribution in [0.4, 0.5) is 13.2 Å². The van der Waals surface area contributed by atoms with Crippen molar-refractivity contribution in [1.82, 2.24) is 0 Å². The third kappa shape index (κ3) is 5.32. The molecule has 0 unspecified atom stereocenters. The Labute approximate surface area is 103 Å². The average molecular weight is 265 g/mol. The lowest BCUT2D eigenvalue weighted by Gasteiger charge is -2.11. The van der Waals surface area contributed by atoms with E-state index in [0.717, 1.165) is 24.8 Å². The van der Waals surface area contributed by atoms with E-state index in [1.807, 2.05) is 0 Å². The van der Waals surface area contributed by atoms with Gasteiger partial charge in [-0.2, -0.15) is 0 Å². The van der Waals surface area contributed by atoms with E-state index in [4.69, 9.17) is 5.73 Å². The van der Waals surface area contributed by atoms with Crippen molar-refractivity contribution in [3.05, 3.63) is 23.8 Å². The van der Waals surface area contributed by atoms with E-state index >= 15 is 0 Å². The molecule has 96 valence electrons. The lowest BCUT2D eigenvalue weighted by atomic mass is 10.1. The average Bonchev–Trinajstić information content (AvgIpc) is 2.21. The molecule has 0 saturated heterocycles. The van der Waals surface area contributed by atoms with Gasteiger partial charge < -0.3 is 10.5 Å². The van der Waals surface area contributed by atoms with Crippen molar-refractivity contribution < 1.29 is 17.9 Å². The van der Waals surface area contributed by atoms with Crippen LogP contribution in [0.25, 0.3) is 0 Å². The topological polar surface area (TPSA) is 35.2 Å². The molecule has 1 rings (SSSR count). The summed E-state index contributed by atoms with van der Waals surface area (Å²) in [6.45, 7) is 0.614. The van der Waals surface area contributed by atoms with Crippen LogP contribution >= 0.6 is 12.6 Å². The van der Waals surface area contributed by atoms with Gasteiger partial charge in [0.25, 0.3) is 0 Å². The van der Waals surface area contributed by atoms with E-state index in [2.05, 4.69) is 17.4 Å². The Morgan fingerprint density at radius 1 is 1.24 bits per heavy atom. The van der Waals surface area contributed by atoms with Gasteiger partial charge in [0.1, 0.15) is 5.75 Å². The fraction of sp³-hybridized carbons (Fsp3) is 0.455. The third-order valence-corrected chi connectivity index (χ3v) is 2.52. The molecule has 0 spiro atoms. The Balaban J connectivity index is 2.66. The first-order valence-electron chi connectivity index (χ1n) is 5.20. The van der Waals surface area contributed by atoms with Gasteiger partial charge in [-0.25, -0.2) is 0 Å². The van der Waals surface area contributed by atoms with Crippen LogP contribution in [0.3, 0.4) is 0 Å². The summed E-state index contributed by atoms with van der Waals surface area (Å²) in [5.41, 5.74) is 6.28. The predicted octanol–water partition coefficient (Wildman–Crippen LogP) is 3.16. The summed E-state index contributed by atoms with van der Waals surface area (Å²) in [5.74, 6) is -0.275. The van der Waals surface area contributed by atoms with Crippen LogP contribution in [-0.2, 0) is 6.42 Å². The minimum atomic E-state index is -4.68. The molecule has 0 aliphatic heterocycles. The Kier molecular flexibility index (Phi) is 5.14. The molecule has 0 aliphatic carbocycles. The third-order valence-electron chi connectivity index (χ3n) is 2.17. The molecule has 0 heterocycles. The van der Waals surface area contributed by atoms with Gasteiger partial charge in [-0.3, -0.25) is 0 Å². The first-order valence-corrected chi connectivity index (χ1v) is 5.65. The van der Waals surface area contributed by atoms with E-state index < -0.39 is 6.36 Å². The molecule has 6 heteroatoms. The van der Waals surface area contributed by atoms with Crippen molar-refractivity contribution >= 4 is 12.6 Å². The molecule has 2 N–H and O–H groups in total. The summed E-state index contributed by atoms with van der Waals surface area (Å²) >= 11 is 3.97. The number of hydrogen-bond acceptors (Lipinski definition) is 3. The number of ether oxygens (including phenoxy) is 1. The molecule has 2 nitrogen and oxygen atoms in total. The van der Waals surface area contributed by atoms with Gasteiger partial charge in [0.15, 0.2) is 0 Å². The number of benzene rings is 1. The molecule has 0 radical (unpaired) electrons. The summed E-state index contributed by atoms with van der Waals surface area (Å²) in [6.07, 6.45) is -2.11. The fourth-order valence-corrected chi connectivity index (χ4v) is 1.69. The summed E-state index contributed by atoms with van der Waals surface area (Å²) in [5, 5.41) is 0. The Bertz CT molecular complexity index is 368. The molecule has 0 fully saturated rings. The van der Waals surface area contributed by atoms with E-state index in [1.54, 1.807) is 12.1 Å². The van der Waals surface area contributed by atoms with Crippen molar-refractivity contribution in [2.75, 3.05) is 6.54 Å². The predicted molar refractivity (Wildman–Crippen MR) is 62.4 cm³/mol. The summed E-state index contributed by atoms with van der Waals surface area (Å²) in [6, 6.07) is 4.48. The molecule has 1 aromatic carbocycles. The molecule has 0 saturated carbocycles. The Hall–Kier alpha value is -0.880. The summed E-state index contributed by atoms with van der Waals surface area (Å²) in [7, 11) is 0. The van der Waals surface area contributed by atoms with Crippen LogP contribution in [0.2, 0.25) is 0 Å². The van der Waals surface area contributed by atoms with Gasteiger partial charge in [-0.15, -0.1) is 25.8 Å². The highest BCUT2D eigenvalue weighted by molar-refractivity contribution is 7.80.